The zero-order chi connectivity index (χ0) is 19.0. The van der Waals surface area contributed by atoms with Crippen molar-refractivity contribution in [2.45, 2.75) is 45.4 Å². The molecule has 5 nitrogen and oxygen atoms in total. The Morgan fingerprint density at radius 2 is 1.68 bits per heavy atom. The molecule has 0 aromatic heterocycles. The van der Waals surface area contributed by atoms with Crippen LogP contribution in [0, 0.1) is 0 Å². The van der Waals surface area contributed by atoms with Crippen LogP contribution in [0.1, 0.15) is 44.6 Å². The number of rotatable bonds is 4. The number of alkyl halides is 3. The van der Waals surface area contributed by atoms with Gasteiger partial charge in [0.15, 0.2) is 0 Å². The maximum atomic E-state index is 12.1. The van der Waals surface area contributed by atoms with Gasteiger partial charge in [0.2, 0.25) is 11.8 Å². The minimum atomic E-state index is -4.68. The number of amides is 2. The minimum absolute atomic E-state index is 0.0296. The maximum absolute atomic E-state index is 12.1. The third-order valence-electron chi connectivity index (χ3n) is 3.62. The lowest BCUT2D eigenvalue weighted by atomic mass is 9.97. The maximum Gasteiger partial charge on any atom is 0.573 e. The van der Waals surface area contributed by atoms with E-state index in [-0.39, 0.29) is 23.5 Å². The van der Waals surface area contributed by atoms with Gasteiger partial charge in [-0.15, -0.1) is 13.2 Å². The van der Waals surface area contributed by atoms with Crippen LogP contribution < -0.4 is 10.5 Å². The molecule has 25 heavy (non-hydrogen) atoms. The molecule has 0 saturated carbocycles. The molecule has 1 aliphatic rings. The Balaban J connectivity index is 0.000000705. The van der Waals surface area contributed by atoms with Gasteiger partial charge in [-0.25, -0.2) is 0 Å². The first kappa shape index (κ1) is 20.8. The molecule has 0 bridgehead atoms. The van der Waals surface area contributed by atoms with E-state index in [1.54, 1.807) is 12.1 Å². The first-order valence-electron chi connectivity index (χ1n) is 7.98. The van der Waals surface area contributed by atoms with Crippen molar-refractivity contribution in [3.8, 4) is 5.75 Å². The van der Waals surface area contributed by atoms with Crippen molar-refractivity contribution >= 4 is 11.8 Å². The molecule has 1 aromatic rings. The fourth-order valence-electron chi connectivity index (χ4n) is 2.47. The van der Waals surface area contributed by atoms with E-state index in [0.29, 0.717) is 6.42 Å². The summed E-state index contributed by atoms with van der Waals surface area (Å²) in [5.74, 6) is -0.502. The number of nitrogens with zero attached hydrogens (tertiary/aromatic N) is 1. The third kappa shape index (κ3) is 8.42. The van der Waals surface area contributed by atoms with Crippen molar-refractivity contribution in [1.29, 1.82) is 0 Å². The quantitative estimate of drug-likeness (QED) is 0.896. The molecule has 0 spiro atoms. The molecule has 1 fully saturated rings. The van der Waals surface area contributed by atoms with Crippen LogP contribution in [0.25, 0.3) is 0 Å². The van der Waals surface area contributed by atoms with Crippen molar-refractivity contribution in [3.63, 3.8) is 0 Å². The summed E-state index contributed by atoms with van der Waals surface area (Å²) >= 11 is 0. The van der Waals surface area contributed by atoms with Crippen LogP contribution in [-0.2, 0) is 9.59 Å². The van der Waals surface area contributed by atoms with E-state index in [2.05, 4.69) is 10.5 Å². The van der Waals surface area contributed by atoms with Gasteiger partial charge >= 0.3 is 6.36 Å². The molecule has 140 valence electrons. The lowest BCUT2D eigenvalue weighted by Gasteiger charge is -2.19. The average molecular weight is 360 g/mol. The number of primary amides is 1. The van der Waals surface area contributed by atoms with Crippen LogP contribution in [0.3, 0.4) is 0 Å². The largest absolute Gasteiger partial charge is 0.573 e. The van der Waals surface area contributed by atoms with Crippen LogP contribution >= 0.6 is 0 Å². The number of benzene rings is 1. The fraction of sp³-hybridized carbons (Fsp3) is 0.529. The first-order valence-corrected chi connectivity index (χ1v) is 7.98. The van der Waals surface area contributed by atoms with Gasteiger partial charge in [-0.3, -0.25) is 9.59 Å². The number of ether oxygens (including phenoxy) is 1. The summed E-state index contributed by atoms with van der Waals surface area (Å²) in [5.41, 5.74) is 5.30. The Morgan fingerprint density at radius 3 is 2.12 bits per heavy atom. The molecule has 2 rings (SSSR count). The Kier molecular flexibility index (Phi) is 7.73. The smallest absolute Gasteiger partial charge is 0.406 e. The SMILES string of the molecule is CC(CC(=O)N1CCCC1)c1ccc(OC(F)(F)F)cc1.CC(N)=O. The van der Waals surface area contributed by atoms with E-state index in [9.17, 15) is 22.8 Å². The molecule has 2 amide bonds. The molecule has 1 heterocycles. The summed E-state index contributed by atoms with van der Waals surface area (Å²) in [5, 5.41) is 0. The molecule has 8 heteroatoms. The van der Waals surface area contributed by atoms with Gasteiger partial charge in [-0.2, -0.15) is 0 Å². The minimum Gasteiger partial charge on any atom is -0.406 e. The van der Waals surface area contributed by atoms with E-state index in [1.807, 2.05) is 11.8 Å². The van der Waals surface area contributed by atoms with Crippen molar-refractivity contribution in [1.82, 2.24) is 4.90 Å². The highest BCUT2D eigenvalue weighted by Crippen LogP contribution is 2.26. The fourth-order valence-corrected chi connectivity index (χ4v) is 2.47. The molecular formula is C17H23F3N2O3. The summed E-state index contributed by atoms with van der Waals surface area (Å²) in [6.45, 7) is 4.82. The molecule has 2 N–H and O–H groups in total. The summed E-state index contributed by atoms with van der Waals surface area (Å²) in [4.78, 5) is 23.1. The summed E-state index contributed by atoms with van der Waals surface area (Å²) in [6.07, 6.45) is -2.22. The zero-order valence-corrected chi connectivity index (χ0v) is 14.3. The van der Waals surface area contributed by atoms with Crippen LogP contribution in [0.5, 0.6) is 5.75 Å². The van der Waals surface area contributed by atoms with E-state index >= 15 is 0 Å². The van der Waals surface area contributed by atoms with E-state index in [4.69, 9.17) is 0 Å². The Hall–Kier alpha value is -2.25. The standard InChI is InChI=1S/C15H18F3NO2.C2H5NO/c1-11(10-14(20)19-8-2-3-9-19)12-4-6-13(7-5-12)21-15(16,17)18;1-2(3)4/h4-7,11H,2-3,8-10H2,1H3;1H3,(H2,3,4). The van der Waals surface area contributed by atoms with Gasteiger partial charge in [-0.1, -0.05) is 19.1 Å². The molecule has 1 aromatic carbocycles. The van der Waals surface area contributed by atoms with Crippen molar-refractivity contribution in [3.05, 3.63) is 29.8 Å². The molecule has 1 aliphatic heterocycles. The Bertz CT molecular complexity index is 563. The predicted octanol–water partition coefficient (Wildman–Crippen LogP) is 3.19. The highest BCUT2D eigenvalue weighted by atomic mass is 19.4. The molecule has 0 radical (unpaired) electrons. The second-order valence-electron chi connectivity index (χ2n) is 5.92. The van der Waals surface area contributed by atoms with Gasteiger partial charge in [0.05, 0.1) is 0 Å². The Labute approximate surface area is 144 Å². The lowest BCUT2D eigenvalue weighted by molar-refractivity contribution is -0.274. The molecule has 0 aliphatic carbocycles. The Morgan fingerprint density at radius 1 is 1.20 bits per heavy atom. The summed E-state index contributed by atoms with van der Waals surface area (Å²) < 4.78 is 40.0. The number of carbonyl (C=O) groups is 2. The van der Waals surface area contributed by atoms with Crippen LogP contribution in [-0.4, -0.2) is 36.2 Å². The van der Waals surface area contributed by atoms with Crippen LogP contribution in [0.4, 0.5) is 13.2 Å². The average Bonchev–Trinajstić information content (AvgIpc) is 2.99. The number of carbonyl (C=O) groups excluding carboxylic acids is 2. The molecule has 1 saturated heterocycles. The van der Waals surface area contributed by atoms with Crippen molar-refractivity contribution in [2.24, 2.45) is 5.73 Å². The highest BCUT2D eigenvalue weighted by Gasteiger charge is 2.31. The number of hydrogen-bond donors (Lipinski definition) is 1. The van der Waals surface area contributed by atoms with E-state index in [0.717, 1.165) is 31.5 Å². The van der Waals surface area contributed by atoms with Crippen LogP contribution in [0.2, 0.25) is 0 Å². The molecule has 1 atom stereocenters. The number of halogens is 3. The van der Waals surface area contributed by atoms with E-state index < -0.39 is 6.36 Å². The molecule has 1 unspecified atom stereocenters. The van der Waals surface area contributed by atoms with Gasteiger partial charge in [0.1, 0.15) is 5.75 Å². The van der Waals surface area contributed by atoms with Gasteiger partial charge in [-0.05, 0) is 36.5 Å². The third-order valence-corrected chi connectivity index (χ3v) is 3.62. The number of nitrogens with two attached hydrogens (primary N) is 1. The molecular weight excluding hydrogens is 337 g/mol. The normalized spacial score (nSPS) is 15.2. The van der Waals surface area contributed by atoms with E-state index in [1.165, 1.54) is 19.1 Å². The number of likely N-dealkylation sites (tertiary alicyclic amines) is 1. The van der Waals surface area contributed by atoms with Crippen molar-refractivity contribution < 1.29 is 27.5 Å². The second kappa shape index (κ2) is 9.29. The topological polar surface area (TPSA) is 72.6 Å². The van der Waals surface area contributed by atoms with Crippen molar-refractivity contribution in [2.75, 3.05) is 13.1 Å². The highest BCUT2D eigenvalue weighted by molar-refractivity contribution is 5.77. The monoisotopic (exact) mass is 360 g/mol. The predicted molar refractivity (Wildman–Crippen MR) is 86.8 cm³/mol. The lowest BCUT2D eigenvalue weighted by Crippen LogP contribution is -2.28. The van der Waals surface area contributed by atoms with Gasteiger partial charge in [0.25, 0.3) is 0 Å². The zero-order valence-electron chi connectivity index (χ0n) is 14.3. The second-order valence-corrected chi connectivity index (χ2v) is 5.92. The first-order chi connectivity index (χ1) is 11.6. The van der Waals surface area contributed by atoms with Gasteiger partial charge in [0, 0.05) is 26.4 Å². The summed E-state index contributed by atoms with van der Waals surface area (Å²) in [7, 11) is 0. The van der Waals surface area contributed by atoms with Gasteiger partial charge < -0.3 is 15.4 Å². The van der Waals surface area contributed by atoms with Crippen LogP contribution in [0.15, 0.2) is 24.3 Å². The number of hydrogen-bond acceptors (Lipinski definition) is 3. The summed E-state index contributed by atoms with van der Waals surface area (Å²) in [6, 6.07) is 5.70.